The van der Waals surface area contributed by atoms with Crippen molar-refractivity contribution in [2.24, 2.45) is 0 Å². The van der Waals surface area contributed by atoms with E-state index in [1.165, 1.54) is 11.3 Å². The van der Waals surface area contributed by atoms with Gasteiger partial charge in [0.15, 0.2) is 17.1 Å². The molecule has 0 aliphatic carbocycles. The van der Waals surface area contributed by atoms with Crippen molar-refractivity contribution in [1.82, 2.24) is 14.3 Å². The van der Waals surface area contributed by atoms with Crippen LogP contribution in [0.1, 0.15) is 24.3 Å². The summed E-state index contributed by atoms with van der Waals surface area (Å²) in [6.07, 6.45) is 2.63. The van der Waals surface area contributed by atoms with Gasteiger partial charge in [0.25, 0.3) is 0 Å². The quantitative estimate of drug-likeness (QED) is 0.782. The van der Waals surface area contributed by atoms with Gasteiger partial charge in [-0.15, -0.1) is 11.3 Å². The first kappa shape index (κ1) is 13.1. The van der Waals surface area contributed by atoms with E-state index in [1.54, 1.807) is 16.3 Å². The molecule has 20 heavy (non-hydrogen) atoms. The highest BCUT2D eigenvalue weighted by atomic mass is 32.1. The normalized spacial score (nSPS) is 18.9. The van der Waals surface area contributed by atoms with Crippen LogP contribution in [0.5, 0.6) is 0 Å². The van der Waals surface area contributed by atoms with E-state index in [-0.39, 0.29) is 5.91 Å². The Labute approximate surface area is 120 Å². The van der Waals surface area contributed by atoms with Crippen molar-refractivity contribution in [1.29, 1.82) is 0 Å². The zero-order valence-electron chi connectivity index (χ0n) is 11.7. The van der Waals surface area contributed by atoms with E-state index in [0.717, 1.165) is 11.2 Å². The van der Waals surface area contributed by atoms with Crippen LogP contribution >= 0.6 is 11.3 Å². The van der Waals surface area contributed by atoms with Gasteiger partial charge in [-0.25, -0.2) is 4.98 Å². The van der Waals surface area contributed by atoms with Crippen molar-refractivity contribution in [3.63, 3.8) is 0 Å². The zero-order valence-corrected chi connectivity index (χ0v) is 12.5. The number of fused-ring (bicyclic) bond motifs is 1. The van der Waals surface area contributed by atoms with E-state index in [2.05, 4.69) is 4.98 Å². The Morgan fingerprint density at radius 2 is 2.15 bits per heavy atom. The summed E-state index contributed by atoms with van der Waals surface area (Å²) in [5.74, 6) is 0.634. The first-order valence-electron chi connectivity index (χ1n) is 6.40. The molecule has 3 rings (SSSR count). The van der Waals surface area contributed by atoms with Crippen molar-refractivity contribution in [3.8, 4) is 0 Å². The van der Waals surface area contributed by atoms with Crippen molar-refractivity contribution < 1.29 is 9.59 Å². The Bertz CT molecular complexity index is 688. The van der Waals surface area contributed by atoms with Crippen molar-refractivity contribution in [3.05, 3.63) is 17.3 Å². The summed E-state index contributed by atoms with van der Waals surface area (Å²) in [6.45, 7) is 5.03. The maximum Gasteiger partial charge on any atom is 0.247 e. The number of hydrogen-bond donors (Lipinski definition) is 0. The number of rotatable bonds is 2. The van der Waals surface area contributed by atoms with Crippen LogP contribution in [-0.4, -0.2) is 52.2 Å². The maximum atomic E-state index is 12.3. The van der Waals surface area contributed by atoms with Crippen LogP contribution in [0.2, 0.25) is 0 Å². The molecular formula is C13H16N4O2S. The number of likely N-dealkylation sites (N-methyl/N-ethyl adjacent to an activating group) is 1. The van der Waals surface area contributed by atoms with Gasteiger partial charge in [0.05, 0.1) is 0 Å². The number of imidazole rings is 1. The fourth-order valence-electron chi connectivity index (χ4n) is 2.68. The minimum atomic E-state index is -0.700. The number of thiazole rings is 1. The van der Waals surface area contributed by atoms with E-state index in [9.17, 15) is 9.59 Å². The van der Waals surface area contributed by atoms with Gasteiger partial charge in [0.1, 0.15) is 11.2 Å². The standard InChI is InChI=1S/C13H16N4O2S/c1-13(2)11(19)15(3)4-5-17(13)10-9(8-18)16-6-7-20-12(16)14-10/h6-8H,4-5H2,1-3H3. The van der Waals surface area contributed by atoms with Gasteiger partial charge in [-0.2, -0.15) is 0 Å². The Kier molecular flexibility index (Phi) is 2.82. The van der Waals surface area contributed by atoms with Crippen LogP contribution in [0.25, 0.3) is 4.96 Å². The maximum absolute atomic E-state index is 12.3. The lowest BCUT2D eigenvalue weighted by molar-refractivity contribution is -0.136. The first-order valence-corrected chi connectivity index (χ1v) is 7.28. The van der Waals surface area contributed by atoms with Crippen LogP contribution in [0, 0.1) is 0 Å². The number of nitrogens with zero attached hydrogens (tertiary/aromatic N) is 4. The molecule has 1 fully saturated rings. The smallest absolute Gasteiger partial charge is 0.247 e. The topological polar surface area (TPSA) is 57.9 Å². The molecule has 0 N–H and O–H groups in total. The molecule has 0 spiro atoms. The van der Waals surface area contributed by atoms with E-state index in [4.69, 9.17) is 0 Å². The highest BCUT2D eigenvalue weighted by Crippen LogP contribution is 2.31. The molecule has 1 amide bonds. The predicted molar refractivity (Wildman–Crippen MR) is 77.5 cm³/mol. The number of aldehydes is 1. The van der Waals surface area contributed by atoms with Crippen molar-refractivity contribution in [2.75, 3.05) is 25.0 Å². The number of carbonyl (C=O) groups excluding carboxylic acids is 2. The Balaban J connectivity index is 2.12. The average molecular weight is 292 g/mol. The van der Waals surface area contributed by atoms with Gasteiger partial charge in [-0.3, -0.25) is 14.0 Å². The minimum Gasteiger partial charge on any atom is -0.342 e. The van der Waals surface area contributed by atoms with E-state index < -0.39 is 5.54 Å². The molecule has 2 aromatic rings. The lowest BCUT2D eigenvalue weighted by atomic mass is 9.97. The number of carbonyl (C=O) groups is 2. The molecule has 1 saturated heterocycles. The molecule has 1 aliphatic rings. The highest BCUT2D eigenvalue weighted by molar-refractivity contribution is 7.15. The van der Waals surface area contributed by atoms with Gasteiger partial charge in [0, 0.05) is 31.7 Å². The largest absolute Gasteiger partial charge is 0.342 e. The summed E-state index contributed by atoms with van der Waals surface area (Å²) in [4.78, 5) is 32.7. The molecule has 0 bridgehead atoms. The predicted octanol–water partition coefficient (Wildman–Crippen LogP) is 1.27. The summed E-state index contributed by atoms with van der Waals surface area (Å²) < 4.78 is 1.77. The molecule has 6 nitrogen and oxygen atoms in total. The Morgan fingerprint density at radius 3 is 2.85 bits per heavy atom. The zero-order chi connectivity index (χ0) is 14.5. The van der Waals surface area contributed by atoms with Crippen LogP contribution in [0.15, 0.2) is 11.6 Å². The molecule has 3 heterocycles. The first-order chi connectivity index (χ1) is 9.46. The van der Waals surface area contributed by atoms with Gasteiger partial charge in [-0.05, 0) is 13.8 Å². The lowest BCUT2D eigenvalue weighted by Gasteiger charge is -2.45. The lowest BCUT2D eigenvalue weighted by Crippen LogP contribution is -2.62. The second-order valence-electron chi connectivity index (χ2n) is 5.43. The molecule has 1 aliphatic heterocycles. The summed E-state index contributed by atoms with van der Waals surface area (Å²) in [5, 5.41) is 1.89. The average Bonchev–Trinajstić information content (AvgIpc) is 2.96. The fraction of sp³-hybridized carbons (Fsp3) is 0.462. The summed E-state index contributed by atoms with van der Waals surface area (Å²) >= 11 is 1.47. The molecule has 2 aromatic heterocycles. The highest BCUT2D eigenvalue weighted by Gasteiger charge is 2.42. The molecule has 0 unspecified atom stereocenters. The van der Waals surface area contributed by atoms with Gasteiger partial charge in [0.2, 0.25) is 5.91 Å². The second-order valence-corrected chi connectivity index (χ2v) is 6.30. The van der Waals surface area contributed by atoms with Crippen molar-refractivity contribution in [2.45, 2.75) is 19.4 Å². The van der Waals surface area contributed by atoms with E-state index >= 15 is 0 Å². The third kappa shape index (κ3) is 1.66. The summed E-state index contributed by atoms with van der Waals surface area (Å²) in [7, 11) is 1.80. The second kappa shape index (κ2) is 4.31. The molecule has 0 radical (unpaired) electrons. The fourth-order valence-corrected chi connectivity index (χ4v) is 3.40. The molecule has 106 valence electrons. The molecule has 0 saturated carbocycles. The molecule has 0 aromatic carbocycles. The minimum absolute atomic E-state index is 0.0388. The molecular weight excluding hydrogens is 276 g/mol. The van der Waals surface area contributed by atoms with Crippen LogP contribution in [-0.2, 0) is 4.79 Å². The molecule has 0 atom stereocenters. The third-order valence-corrected chi connectivity index (χ3v) is 4.61. The van der Waals surface area contributed by atoms with Gasteiger partial charge < -0.3 is 9.80 Å². The monoisotopic (exact) mass is 292 g/mol. The third-order valence-electron chi connectivity index (χ3n) is 3.85. The van der Waals surface area contributed by atoms with Gasteiger partial charge in [-0.1, -0.05) is 0 Å². The Morgan fingerprint density at radius 1 is 1.40 bits per heavy atom. The number of piperazine rings is 1. The summed E-state index contributed by atoms with van der Waals surface area (Å²) in [6, 6.07) is 0. The Hall–Kier alpha value is -1.89. The van der Waals surface area contributed by atoms with Crippen LogP contribution < -0.4 is 4.90 Å². The summed E-state index contributed by atoms with van der Waals surface area (Å²) in [5.41, 5.74) is -0.193. The van der Waals surface area contributed by atoms with Gasteiger partial charge >= 0.3 is 0 Å². The SMILES string of the molecule is CN1CCN(c2nc3sccn3c2C=O)C(C)(C)C1=O. The number of amides is 1. The van der Waals surface area contributed by atoms with Crippen LogP contribution in [0.3, 0.4) is 0 Å². The number of anilines is 1. The van der Waals surface area contributed by atoms with Crippen molar-refractivity contribution >= 4 is 34.3 Å². The molecule has 7 heteroatoms. The number of hydrogen-bond acceptors (Lipinski definition) is 5. The van der Waals surface area contributed by atoms with E-state index in [1.807, 2.05) is 30.3 Å². The number of aromatic nitrogens is 2. The van der Waals surface area contributed by atoms with Crippen LogP contribution in [0.4, 0.5) is 5.82 Å². The van der Waals surface area contributed by atoms with E-state index in [0.29, 0.717) is 24.6 Å².